The lowest BCUT2D eigenvalue weighted by molar-refractivity contribution is -0.150. The molecule has 0 saturated carbocycles. The molecule has 0 unspecified atom stereocenters. The maximum Gasteiger partial charge on any atom is 0.306 e. The molecule has 0 aromatic rings. The summed E-state index contributed by atoms with van der Waals surface area (Å²) in [5.41, 5.74) is 0. The van der Waals surface area contributed by atoms with Crippen LogP contribution in [0.15, 0.2) is 0 Å². The number of hydrogen-bond donors (Lipinski definition) is 0. The van der Waals surface area contributed by atoms with Crippen LogP contribution in [0.3, 0.4) is 0 Å². The molecule has 0 atom stereocenters. The first-order valence-electron chi connectivity index (χ1n) is 29.7. The number of carbonyl (C=O) groups is 3. The van der Waals surface area contributed by atoms with Crippen molar-refractivity contribution in [2.45, 2.75) is 297 Å². The van der Waals surface area contributed by atoms with Gasteiger partial charge in [0, 0.05) is 39.0 Å². The van der Waals surface area contributed by atoms with Gasteiger partial charge in [0.25, 0.3) is 0 Å². The van der Waals surface area contributed by atoms with Gasteiger partial charge in [0.2, 0.25) is 0 Å². The minimum atomic E-state index is -1.75. The third-order valence-electron chi connectivity index (χ3n) is 14.5. The monoisotopic (exact) mass is 995 g/mol. The Morgan fingerprint density at radius 2 is 0.870 bits per heavy atom. The van der Waals surface area contributed by atoms with Gasteiger partial charge in [-0.05, 0) is 115 Å². The van der Waals surface area contributed by atoms with E-state index in [1.165, 1.54) is 109 Å². The fourth-order valence-corrected chi connectivity index (χ4v) is 9.71. The molecule has 0 spiro atoms. The third kappa shape index (κ3) is 44.9. The Bertz CT molecular complexity index is 1160. The molecule has 69 heavy (non-hydrogen) atoms. The van der Waals surface area contributed by atoms with E-state index in [0.717, 1.165) is 142 Å². The van der Waals surface area contributed by atoms with Crippen molar-refractivity contribution in [3.8, 4) is 0 Å². The molecule has 9 nitrogen and oxygen atoms in total. The molecule has 0 bridgehead atoms. The second-order valence-corrected chi connectivity index (χ2v) is 27.7. The summed E-state index contributed by atoms with van der Waals surface area (Å²) < 4.78 is 23.7. The van der Waals surface area contributed by atoms with Gasteiger partial charge in [-0.1, -0.05) is 190 Å². The molecule has 0 aromatic heterocycles. The number of esters is 3. The first-order valence-corrected chi connectivity index (χ1v) is 32.6. The summed E-state index contributed by atoms with van der Waals surface area (Å²) in [7, 11) is 0.351. The maximum atomic E-state index is 12.9. The first kappa shape index (κ1) is 67.5. The number of carbonyl (C=O) groups excluding carboxylic acids is 3. The van der Waals surface area contributed by atoms with Crippen molar-refractivity contribution in [3.05, 3.63) is 0 Å². The average Bonchev–Trinajstić information content (AvgIpc) is 3.29. The van der Waals surface area contributed by atoms with Gasteiger partial charge in [0.15, 0.2) is 8.32 Å². The van der Waals surface area contributed by atoms with Gasteiger partial charge in [0.1, 0.15) is 12.7 Å². The number of nitrogens with zero attached hydrogens (tertiary/aromatic N) is 2. The SMILES string of the molecule is CCCCCCCCC(CCCCCCCC)OC(=O)CCCCCCCN(CCCCCCCC(=O)OCCCCCCCCC(C)C)CCOC(=O)CCCN(C)CCO[Si](C)(C)C(C)(C)C. The predicted molar refractivity (Wildman–Crippen MR) is 297 cm³/mol. The van der Waals surface area contributed by atoms with Crippen molar-refractivity contribution in [2.75, 3.05) is 59.6 Å². The standard InChI is InChI=1S/C59H118N2O7Si/c1-11-13-15-17-24-32-41-55(42-33-25-18-16-14-12-2)68-58(64)44-35-27-22-29-37-48-61(50-52-66-57(63)45-39-46-60(8)49-53-67-69(9,10)59(5,6)7)47-36-28-21-26-34-43-56(62)65-51-38-30-20-19-23-31-40-54(3)4/h54-55H,11-53H2,1-10H3. The third-order valence-corrected chi connectivity index (χ3v) is 19.1. The largest absolute Gasteiger partial charge is 0.466 e. The number of unbranched alkanes of at least 4 members (excludes halogenated alkanes) is 23. The van der Waals surface area contributed by atoms with Crippen molar-refractivity contribution >= 4 is 26.2 Å². The zero-order valence-corrected chi connectivity index (χ0v) is 48.8. The van der Waals surface area contributed by atoms with Crippen LogP contribution in [0.4, 0.5) is 0 Å². The van der Waals surface area contributed by atoms with E-state index >= 15 is 0 Å². The van der Waals surface area contributed by atoms with E-state index in [-0.39, 0.29) is 29.1 Å². The molecule has 0 N–H and O–H groups in total. The normalized spacial score (nSPS) is 12.3. The van der Waals surface area contributed by atoms with E-state index in [2.05, 4.69) is 78.4 Å². The average molecular weight is 996 g/mol. The van der Waals surface area contributed by atoms with E-state index in [1.807, 2.05) is 0 Å². The molecular formula is C59H118N2O7Si. The molecule has 0 aromatic carbocycles. The minimum Gasteiger partial charge on any atom is -0.466 e. The topological polar surface area (TPSA) is 94.6 Å². The van der Waals surface area contributed by atoms with Gasteiger partial charge >= 0.3 is 17.9 Å². The van der Waals surface area contributed by atoms with Crippen LogP contribution in [0.2, 0.25) is 18.1 Å². The van der Waals surface area contributed by atoms with E-state index in [0.29, 0.717) is 32.5 Å². The Balaban J connectivity index is 4.70. The van der Waals surface area contributed by atoms with E-state index in [1.54, 1.807) is 0 Å². The van der Waals surface area contributed by atoms with Crippen molar-refractivity contribution < 1.29 is 33.0 Å². The number of likely N-dealkylation sites (N-methyl/N-ethyl adjacent to an activating group) is 1. The van der Waals surface area contributed by atoms with Gasteiger partial charge in [-0.15, -0.1) is 0 Å². The highest BCUT2D eigenvalue weighted by molar-refractivity contribution is 6.74. The highest BCUT2D eigenvalue weighted by Gasteiger charge is 2.37. The number of hydrogen-bond acceptors (Lipinski definition) is 9. The second-order valence-electron chi connectivity index (χ2n) is 22.9. The van der Waals surface area contributed by atoms with Gasteiger partial charge in [-0.25, -0.2) is 0 Å². The van der Waals surface area contributed by atoms with Gasteiger partial charge < -0.3 is 23.5 Å². The molecular weight excluding hydrogens is 877 g/mol. The number of rotatable bonds is 51. The first-order chi connectivity index (χ1) is 33.1. The van der Waals surface area contributed by atoms with Crippen molar-refractivity contribution in [3.63, 3.8) is 0 Å². The Morgan fingerprint density at radius 1 is 0.449 bits per heavy atom. The molecule has 0 fully saturated rings. The van der Waals surface area contributed by atoms with Crippen molar-refractivity contribution in [2.24, 2.45) is 5.92 Å². The molecule has 0 aliphatic carbocycles. The van der Waals surface area contributed by atoms with Crippen molar-refractivity contribution in [1.29, 1.82) is 0 Å². The van der Waals surface area contributed by atoms with E-state index in [4.69, 9.17) is 18.6 Å². The van der Waals surface area contributed by atoms with E-state index in [9.17, 15) is 14.4 Å². The summed E-state index contributed by atoms with van der Waals surface area (Å²) in [6, 6.07) is 0. The molecule has 0 saturated heterocycles. The van der Waals surface area contributed by atoms with E-state index < -0.39 is 8.32 Å². The highest BCUT2D eigenvalue weighted by atomic mass is 28.4. The van der Waals surface area contributed by atoms with Crippen LogP contribution in [-0.2, 0) is 33.0 Å². The molecule has 0 rings (SSSR count). The van der Waals surface area contributed by atoms with Crippen LogP contribution in [0, 0.1) is 5.92 Å². The lowest BCUT2D eigenvalue weighted by Gasteiger charge is -2.36. The minimum absolute atomic E-state index is 0.000189. The summed E-state index contributed by atoms with van der Waals surface area (Å²) in [6.07, 6.45) is 38.9. The fourth-order valence-electron chi connectivity index (χ4n) is 8.68. The Kier molecular flexibility index (Phi) is 45.3. The lowest BCUT2D eigenvalue weighted by atomic mass is 10.0. The predicted octanol–water partition coefficient (Wildman–Crippen LogP) is 16.6. The maximum absolute atomic E-state index is 12.9. The van der Waals surface area contributed by atoms with Crippen LogP contribution >= 0.6 is 0 Å². The summed E-state index contributed by atoms with van der Waals surface area (Å²) in [6.45, 7) is 26.7. The summed E-state index contributed by atoms with van der Waals surface area (Å²) in [5.74, 6) is 0.646. The van der Waals surface area contributed by atoms with Crippen molar-refractivity contribution in [1.82, 2.24) is 9.80 Å². The van der Waals surface area contributed by atoms with Gasteiger partial charge in [-0.2, -0.15) is 0 Å². The molecule has 0 aliphatic rings. The van der Waals surface area contributed by atoms with Crippen LogP contribution in [0.25, 0.3) is 0 Å². The van der Waals surface area contributed by atoms with Gasteiger partial charge in [-0.3, -0.25) is 19.3 Å². The summed E-state index contributed by atoms with van der Waals surface area (Å²) in [5, 5.41) is 0.205. The molecule has 0 aliphatic heterocycles. The highest BCUT2D eigenvalue weighted by Crippen LogP contribution is 2.36. The quantitative estimate of drug-likeness (QED) is 0.0256. The Morgan fingerprint density at radius 3 is 1.38 bits per heavy atom. The summed E-state index contributed by atoms with van der Waals surface area (Å²) >= 11 is 0. The molecule has 10 heteroatoms. The second kappa shape index (κ2) is 46.3. The Labute approximate surface area is 430 Å². The molecule has 0 radical (unpaired) electrons. The Hall–Kier alpha value is -1.49. The smallest absolute Gasteiger partial charge is 0.306 e. The van der Waals surface area contributed by atoms with Crippen LogP contribution in [0.1, 0.15) is 273 Å². The zero-order valence-electron chi connectivity index (χ0n) is 47.8. The summed E-state index contributed by atoms with van der Waals surface area (Å²) in [4.78, 5) is 42.7. The molecule has 410 valence electrons. The van der Waals surface area contributed by atoms with Gasteiger partial charge in [0.05, 0.1) is 6.61 Å². The van der Waals surface area contributed by atoms with Crippen LogP contribution < -0.4 is 0 Å². The molecule has 0 amide bonds. The fraction of sp³-hybridized carbons (Fsp3) is 0.949. The number of ether oxygens (including phenoxy) is 3. The van der Waals surface area contributed by atoms with Crippen LogP contribution in [0.5, 0.6) is 0 Å². The zero-order chi connectivity index (χ0) is 51.3. The molecule has 0 heterocycles. The lowest BCUT2D eigenvalue weighted by Crippen LogP contribution is -2.42. The van der Waals surface area contributed by atoms with Crippen LogP contribution in [-0.4, -0.2) is 102 Å².